The molecule has 1 heteroatoms. The molecule has 0 aromatic rings. The zero-order chi connectivity index (χ0) is 8.04. The van der Waals surface area contributed by atoms with Crippen LogP contribution in [0.25, 0.3) is 0 Å². The molecule has 0 rings (SSSR count). The van der Waals surface area contributed by atoms with E-state index in [9.17, 15) is 0 Å². The van der Waals surface area contributed by atoms with Crippen LogP contribution in [0.1, 0.15) is 27.2 Å². The maximum absolute atomic E-state index is 8.84. The van der Waals surface area contributed by atoms with Crippen molar-refractivity contribution in [2.24, 2.45) is 5.41 Å². The van der Waals surface area contributed by atoms with Crippen molar-refractivity contribution in [1.29, 1.82) is 0 Å². The van der Waals surface area contributed by atoms with E-state index in [4.69, 9.17) is 5.11 Å². The van der Waals surface area contributed by atoms with Crippen molar-refractivity contribution in [2.75, 3.05) is 6.61 Å². The molecule has 0 aromatic heterocycles. The van der Waals surface area contributed by atoms with E-state index in [1.807, 2.05) is 32.9 Å². The second-order valence-electron chi connectivity index (χ2n) is 3.19. The Labute approximate surface area is 63.1 Å². The highest BCUT2D eigenvalue weighted by Gasteiger charge is 2.13. The molecule has 0 amide bonds. The third-order valence-corrected chi connectivity index (χ3v) is 1.37. The number of hydrogen-bond donors (Lipinski definition) is 1. The summed E-state index contributed by atoms with van der Waals surface area (Å²) >= 11 is 0. The minimum Gasteiger partial charge on any atom is -0.396 e. The van der Waals surface area contributed by atoms with Gasteiger partial charge in [-0.15, -0.1) is 5.73 Å². The zero-order valence-electron chi connectivity index (χ0n) is 7.02. The van der Waals surface area contributed by atoms with Crippen LogP contribution in [-0.2, 0) is 0 Å². The van der Waals surface area contributed by atoms with Crippen molar-refractivity contribution < 1.29 is 5.11 Å². The highest BCUT2D eigenvalue weighted by Crippen LogP contribution is 2.18. The largest absolute Gasteiger partial charge is 0.396 e. The lowest BCUT2D eigenvalue weighted by Crippen LogP contribution is -2.14. The van der Waals surface area contributed by atoms with Gasteiger partial charge in [0.05, 0.1) is 0 Å². The van der Waals surface area contributed by atoms with Gasteiger partial charge in [0.25, 0.3) is 0 Å². The van der Waals surface area contributed by atoms with Crippen molar-refractivity contribution in [3.63, 3.8) is 0 Å². The summed E-state index contributed by atoms with van der Waals surface area (Å²) in [6.45, 7) is 6.22. The molecule has 0 aliphatic carbocycles. The van der Waals surface area contributed by atoms with Crippen LogP contribution in [0.4, 0.5) is 0 Å². The smallest absolute Gasteiger partial charge is 0.0485 e. The van der Waals surface area contributed by atoms with E-state index < -0.39 is 0 Å². The minimum atomic E-state index is 0.00993. The first-order chi connectivity index (χ1) is 4.62. The van der Waals surface area contributed by atoms with Crippen molar-refractivity contribution in [2.45, 2.75) is 27.2 Å². The fourth-order valence-electron chi connectivity index (χ4n) is 0.518. The number of rotatable bonds is 3. The van der Waals surface area contributed by atoms with Gasteiger partial charge >= 0.3 is 0 Å². The molecular formula is C9H16O. The quantitative estimate of drug-likeness (QED) is 0.595. The predicted molar refractivity (Wildman–Crippen MR) is 43.8 cm³/mol. The van der Waals surface area contributed by atoms with Crippen molar-refractivity contribution >= 4 is 0 Å². The van der Waals surface area contributed by atoms with Gasteiger partial charge in [-0.05, 0) is 30.9 Å². The summed E-state index contributed by atoms with van der Waals surface area (Å²) in [7, 11) is 0. The molecule has 0 aromatic carbocycles. The molecule has 0 aliphatic heterocycles. The molecule has 1 nitrogen and oxygen atoms in total. The summed E-state index contributed by atoms with van der Waals surface area (Å²) in [4.78, 5) is 0. The van der Waals surface area contributed by atoms with E-state index in [-0.39, 0.29) is 12.0 Å². The molecule has 0 saturated heterocycles. The normalized spacial score (nSPS) is 10.4. The number of aliphatic hydroxyl groups is 1. The van der Waals surface area contributed by atoms with Gasteiger partial charge in [-0.25, -0.2) is 0 Å². The first-order valence-electron chi connectivity index (χ1n) is 3.59. The first-order valence-corrected chi connectivity index (χ1v) is 3.59. The molecule has 0 radical (unpaired) electrons. The topological polar surface area (TPSA) is 20.2 Å². The minimum absolute atomic E-state index is 0.00993. The zero-order valence-corrected chi connectivity index (χ0v) is 7.02. The number of allylic oxidation sites excluding steroid dienone is 1. The van der Waals surface area contributed by atoms with Gasteiger partial charge in [0, 0.05) is 6.61 Å². The molecule has 0 spiro atoms. The summed E-state index contributed by atoms with van der Waals surface area (Å²) in [6, 6.07) is 0. The van der Waals surface area contributed by atoms with E-state index in [2.05, 4.69) is 5.73 Å². The molecule has 10 heavy (non-hydrogen) atoms. The number of hydrogen-bond acceptors (Lipinski definition) is 1. The van der Waals surface area contributed by atoms with Crippen LogP contribution in [0.2, 0.25) is 0 Å². The highest BCUT2D eigenvalue weighted by molar-refractivity contribution is 4.86. The molecule has 0 aliphatic rings. The molecule has 0 bridgehead atoms. The highest BCUT2D eigenvalue weighted by atomic mass is 16.3. The maximum Gasteiger partial charge on any atom is 0.0485 e. The van der Waals surface area contributed by atoms with Crippen molar-refractivity contribution in [3.8, 4) is 0 Å². The SMILES string of the molecule is CC=C=CCC(C)(C)CO. The van der Waals surface area contributed by atoms with Crippen molar-refractivity contribution in [1.82, 2.24) is 0 Å². The van der Waals surface area contributed by atoms with Gasteiger partial charge < -0.3 is 5.11 Å². The van der Waals surface area contributed by atoms with Crippen LogP contribution < -0.4 is 0 Å². The predicted octanol–water partition coefficient (Wildman–Crippen LogP) is 2.13. The standard InChI is InChI=1S/C9H16O/c1-4-5-6-7-9(2,3)8-10/h4,6,10H,7-8H2,1-3H3. The average molecular weight is 140 g/mol. The lowest BCUT2D eigenvalue weighted by Gasteiger charge is -2.17. The second kappa shape index (κ2) is 4.32. The van der Waals surface area contributed by atoms with Crippen LogP contribution in [0.15, 0.2) is 17.9 Å². The van der Waals surface area contributed by atoms with E-state index in [1.165, 1.54) is 0 Å². The summed E-state index contributed by atoms with van der Waals surface area (Å²) in [6.07, 6.45) is 4.71. The summed E-state index contributed by atoms with van der Waals surface area (Å²) < 4.78 is 0. The van der Waals surface area contributed by atoms with E-state index in [0.29, 0.717) is 0 Å². The van der Waals surface area contributed by atoms with Gasteiger partial charge in [-0.2, -0.15) is 0 Å². The van der Waals surface area contributed by atoms with Crippen molar-refractivity contribution in [3.05, 3.63) is 17.9 Å². The van der Waals surface area contributed by atoms with Gasteiger partial charge in [0.15, 0.2) is 0 Å². The molecular weight excluding hydrogens is 124 g/mol. The Bertz CT molecular complexity index is 139. The van der Waals surface area contributed by atoms with Crippen LogP contribution in [0, 0.1) is 5.41 Å². The lowest BCUT2D eigenvalue weighted by molar-refractivity contribution is 0.162. The van der Waals surface area contributed by atoms with E-state index in [1.54, 1.807) is 0 Å². The molecule has 0 fully saturated rings. The van der Waals surface area contributed by atoms with Crippen LogP contribution >= 0.6 is 0 Å². The van der Waals surface area contributed by atoms with Crippen LogP contribution in [0.5, 0.6) is 0 Å². The molecule has 58 valence electrons. The molecule has 0 heterocycles. The second-order valence-corrected chi connectivity index (χ2v) is 3.19. The van der Waals surface area contributed by atoms with Crippen LogP contribution in [-0.4, -0.2) is 11.7 Å². The third kappa shape index (κ3) is 4.37. The fraction of sp³-hybridized carbons (Fsp3) is 0.667. The average Bonchev–Trinajstić information content (AvgIpc) is 1.89. The first kappa shape index (κ1) is 9.48. The summed E-state index contributed by atoms with van der Waals surface area (Å²) in [5, 5.41) is 8.84. The monoisotopic (exact) mass is 140 g/mol. The molecule has 1 N–H and O–H groups in total. The Kier molecular flexibility index (Phi) is 4.10. The fourth-order valence-corrected chi connectivity index (χ4v) is 0.518. The van der Waals surface area contributed by atoms with E-state index in [0.717, 1.165) is 6.42 Å². The van der Waals surface area contributed by atoms with Gasteiger partial charge in [-0.3, -0.25) is 0 Å². The molecule has 0 unspecified atom stereocenters. The van der Waals surface area contributed by atoms with E-state index >= 15 is 0 Å². The lowest BCUT2D eigenvalue weighted by atomic mass is 9.91. The van der Waals surface area contributed by atoms with Gasteiger partial charge in [0.1, 0.15) is 0 Å². The van der Waals surface area contributed by atoms with Gasteiger partial charge in [-0.1, -0.05) is 13.8 Å². The molecule has 0 saturated carbocycles. The Morgan fingerprint density at radius 1 is 1.50 bits per heavy atom. The Balaban J connectivity index is 3.78. The Morgan fingerprint density at radius 2 is 2.10 bits per heavy atom. The summed E-state index contributed by atoms with van der Waals surface area (Å²) in [5.74, 6) is 0. The Morgan fingerprint density at radius 3 is 2.50 bits per heavy atom. The van der Waals surface area contributed by atoms with Crippen LogP contribution in [0.3, 0.4) is 0 Å². The van der Waals surface area contributed by atoms with Gasteiger partial charge in [0.2, 0.25) is 0 Å². The third-order valence-electron chi connectivity index (χ3n) is 1.37. The maximum atomic E-state index is 8.84. The Hall–Kier alpha value is -0.520. The molecule has 0 atom stereocenters. The summed E-state index contributed by atoms with van der Waals surface area (Å²) in [5.41, 5.74) is 2.99. The number of aliphatic hydroxyl groups excluding tert-OH is 1.